The first-order valence-corrected chi connectivity index (χ1v) is 10.9. The highest BCUT2D eigenvalue weighted by molar-refractivity contribution is 5.73. The van der Waals surface area contributed by atoms with Crippen LogP contribution < -0.4 is 0 Å². The smallest absolute Gasteiger partial charge is 0.219 e. The fourth-order valence-corrected chi connectivity index (χ4v) is 6.23. The zero-order chi connectivity index (χ0) is 19.1. The van der Waals surface area contributed by atoms with Gasteiger partial charge in [-0.1, -0.05) is 25.0 Å². The molecule has 2 bridgehead atoms. The van der Waals surface area contributed by atoms with Crippen LogP contribution in [0.1, 0.15) is 58.3 Å². The van der Waals surface area contributed by atoms with Gasteiger partial charge in [-0.3, -0.25) is 9.69 Å². The number of likely N-dealkylation sites (tertiary alicyclic amines) is 2. The number of halogens is 1. The summed E-state index contributed by atoms with van der Waals surface area (Å²) in [6, 6.07) is 0. The van der Waals surface area contributed by atoms with Gasteiger partial charge in [0.2, 0.25) is 5.91 Å². The quantitative estimate of drug-likeness (QED) is 0.748. The number of rotatable bonds is 5. The van der Waals surface area contributed by atoms with Crippen molar-refractivity contribution in [3.8, 4) is 0 Å². The van der Waals surface area contributed by atoms with E-state index >= 15 is 4.39 Å². The lowest BCUT2D eigenvalue weighted by molar-refractivity contribution is -0.172. The van der Waals surface area contributed by atoms with Gasteiger partial charge in [0.1, 0.15) is 6.17 Å². The summed E-state index contributed by atoms with van der Waals surface area (Å²) >= 11 is 0. The van der Waals surface area contributed by atoms with Gasteiger partial charge in [-0.2, -0.15) is 0 Å². The SMILES string of the molecule is CC(=O)N1CCC(CCC2CCN([C@]34CC=CC(CO)(C3)C4F)CC2)CC1. The Balaban J connectivity index is 1.21. The summed E-state index contributed by atoms with van der Waals surface area (Å²) in [6.07, 6.45) is 11.9. The molecular formula is C22H35FN2O2. The van der Waals surface area contributed by atoms with Crippen LogP contribution >= 0.6 is 0 Å². The topological polar surface area (TPSA) is 43.8 Å². The van der Waals surface area contributed by atoms with Crippen molar-refractivity contribution in [2.75, 3.05) is 32.8 Å². The van der Waals surface area contributed by atoms with Gasteiger partial charge in [0.25, 0.3) is 0 Å². The molecule has 3 aliphatic carbocycles. The number of aliphatic hydroxyl groups excluding tert-OH is 1. The molecule has 1 N–H and O–H groups in total. The summed E-state index contributed by atoms with van der Waals surface area (Å²) in [5, 5.41) is 9.62. The molecule has 0 radical (unpaired) electrons. The van der Waals surface area contributed by atoms with Crippen LogP contribution in [0, 0.1) is 17.3 Å². The molecule has 3 atom stereocenters. The maximum absolute atomic E-state index is 15.0. The number of nitrogens with zero attached hydrogens (tertiary/aromatic N) is 2. The lowest BCUT2D eigenvalue weighted by Gasteiger charge is -2.64. The van der Waals surface area contributed by atoms with Gasteiger partial charge in [0.15, 0.2) is 0 Å². The second-order valence-corrected chi connectivity index (χ2v) is 9.60. The second kappa shape index (κ2) is 7.47. The Kier molecular flexibility index (Phi) is 5.36. The second-order valence-electron chi connectivity index (χ2n) is 9.60. The molecule has 5 heteroatoms. The fraction of sp³-hybridized carbons (Fsp3) is 0.864. The van der Waals surface area contributed by atoms with Gasteiger partial charge in [-0.05, 0) is 63.5 Å². The Morgan fingerprint density at radius 1 is 1.11 bits per heavy atom. The third kappa shape index (κ3) is 3.35. The van der Waals surface area contributed by atoms with E-state index in [0.717, 1.165) is 63.7 Å². The molecule has 3 fully saturated rings. The van der Waals surface area contributed by atoms with Crippen LogP contribution in [0.4, 0.5) is 4.39 Å². The highest BCUT2D eigenvalue weighted by Crippen LogP contribution is 2.59. The molecule has 0 aromatic rings. The van der Waals surface area contributed by atoms with Gasteiger partial charge >= 0.3 is 0 Å². The molecular weight excluding hydrogens is 343 g/mol. The molecule has 2 aliphatic heterocycles. The van der Waals surface area contributed by atoms with Crippen molar-refractivity contribution in [3.05, 3.63) is 12.2 Å². The Bertz CT molecular complexity index is 581. The highest BCUT2D eigenvalue weighted by atomic mass is 19.1. The molecule has 27 heavy (non-hydrogen) atoms. The van der Waals surface area contributed by atoms with E-state index in [-0.39, 0.29) is 18.1 Å². The van der Waals surface area contributed by atoms with Gasteiger partial charge in [-0.25, -0.2) is 4.39 Å². The number of carbonyl (C=O) groups excluding carboxylic acids is 1. The third-order valence-corrected chi connectivity index (χ3v) is 8.11. The van der Waals surface area contributed by atoms with Crippen molar-refractivity contribution in [2.24, 2.45) is 17.3 Å². The van der Waals surface area contributed by atoms with Crippen molar-refractivity contribution >= 4 is 5.91 Å². The number of amides is 1. The molecule has 4 nitrogen and oxygen atoms in total. The first kappa shape index (κ1) is 19.4. The van der Waals surface area contributed by atoms with Crippen molar-refractivity contribution in [1.82, 2.24) is 9.80 Å². The maximum atomic E-state index is 15.0. The third-order valence-electron chi connectivity index (χ3n) is 8.11. The van der Waals surface area contributed by atoms with Crippen molar-refractivity contribution in [2.45, 2.75) is 70.0 Å². The zero-order valence-corrected chi connectivity index (χ0v) is 16.7. The number of hydrogen-bond acceptors (Lipinski definition) is 3. The molecule has 0 aromatic carbocycles. The number of hydrogen-bond donors (Lipinski definition) is 1. The molecule has 2 unspecified atom stereocenters. The molecule has 0 aromatic heterocycles. The van der Waals surface area contributed by atoms with Crippen LogP contribution in [-0.4, -0.2) is 65.3 Å². The van der Waals surface area contributed by atoms with Gasteiger partial charge in [0, 0.05) is 25.4 Å². The van der Waals surface area contributed by atoms with Crippen LogP contribution in [-0.2, 0) is 4.79 Å². The van der Waals surface area contributed by atoms with Crippen LogP contribution in [0.5, 0.6) is 0 Å². The minimum Gasteiger partial charge on any atom is -0.395 e. The Hall–Kier alpha value is -0.940. The number of aliphatic hydroxyl groups is 1. The van der Waals surface area contributed by atoms with Crippen molar-refractivity contribution in [3.63, 3.8) is 0 Å². The van der Waals surface area contributed by atoms with E-state index in [1.807, 2.05) is 11.0 Å². The Morgan fingerprint density at radius 3 is 2.22 bits per heavy atom. The summed E-state index contributed by atoms with van der Waals surface area (Å²) in [7, 11) is 0. The standard InChI is InChI=1S/C22H35FN2O2/c1-17(27)24-11-5-18(6-12-24)3-4-19-7-13-25(14-8-19)22-10-2-9-21(15-22,16-26)20(22)23/h2,9,18-20,26H,3-8,10-16H2,1H3/t20?,21?,22-/m1/s1. The van der Waals surface area contributed by atoms with Crippen LogP contribution in [0.25, 0.3) is 0 Å². The van der Waals surface area contributed by atoms with E-state index in [1.165, 1.54) is 25.7 Å². The Labute approximate surface area is 162 Å². The lowest BCUT2D eigenvalue weighted by Crippen LogP contribution is -2.73. The summed E-state index contributed by atoms with van der Waals surface area (Å²) in [5.41, 5.74) is -0.925. The van der Waals surface area contributed by atoms with Crippen LogP contribution in [0.15, 0.2) is 12.2 Å². The maximum Gasteiger partial charge on any atom is 0.219 e. The minimum absolute atomic E-state index is 0.0642. The molecule has 5 rings (SSSR count). The van der Waals surface area contributed by atoms with Gasteiger partial charge in [0.05, 0.1) is 12.1 Å². The lowest BCUT2D eigenvalue weighted by atomic mass is 9.50. The molecule has 1 amide bonds. The number of carbonyl (C=O) groups is 1. The predicted molar refractivity (Wildman–Crippen MR) is 104 cm³/mol. The minimum atomic E-state index is -0.914. The average molecular weight is 379 g/mol. The zero-order valence-electron chi connectivity index (χ0n) is 16.7. The number of alkyl halides is 1. The van der Waals surface area contributed by atoms with E-state index in [2.05, 4.69) is 11.0 Å². The molecule has 2 saturated heterocycles. The van der Waals surface area contributed by atoms with Crippen molar-refractivity contribution in [1.29, 1.82) is 0 Å². The number of fused-ring (bicyclic) bond motifs is 1. The van der Waals surface area contributed by atoms with Gasteiger partial charge < -0.3 is 10.0 Å². The van der Waals surface area contributed by atoms with E-state index in [0.29, 0.717) is 0 Å². The molecule has 1 saturated carbocycles. The number of piperidine rings is 2. The van der Waals surface area contributed by atoms with Crippen molar-refractivity contribution < 1.29 is 14.3 Å². The predicted octanol–water partition coefficient (Wildman–Crippen LogP) is 3.16. The molecule has 0 spiro atoms. The van der Waals surface area contributed by atoms with E-state index in [1.54, 1.807) is 6.92 Å². The summed E-state index contributed by atoms with van der Waals surface area (Å²) in [6.45, 7) is 5.47. The fourth-order valence-electron chi connectivity index (χ4n) is 6.23. The summed E-state index contributed by atoms with van der Waals surface area (Å²) < 4.78 is 15.0. The highest BCUT2D eigenvalue weighted by Gasteiger charge is 2.66. The van der Waals surface area contributed by atoms with Gasteiger partial charge in [-0.15, -0.1) is 0 Å². The first-order valence-electron chi connectivity index (χ1n) is 10.9. The Morgan fingerprint density at radius 2 is 1.70 bits per heavy atom. The summed E-state index contributed by atoms with van der Waals surface area (Å²) in [4.78, 5) is 15.8. The van der Waals surface area contributed by atoms with E-state index in [4.69, 9.17) is 0 Å². The monoisotopic (exact) mass is 378 g/mol. The summed E-state index contributed by atoms with van der Waals surface area (Å²) in [5.74, 6) is 1.75. The normalized spacial score (nSPS) is 38.0. The molecule has 152 valence electrons. The average Bonchev–Trinajstić information content (AvgIpc) is 2.72. The molecule has 2 heterocycles. The van der Waals surface area contributed by atoms with E-state index < -0.39 is 11.6 Å². The first-order chi connectivity index (χ1) is 13.0. The van der Waals surface area contributed by atoms with Crippen LogP contribution in [0.2, 0.25) is 0 Å². The largest absolute Gasteiger partial charge is 0.395 e. The van der Waals surface area contributed by atoms with E-state index in [9.17, 15) is 9.90 Å². The molecule has 5 aliphatic rings. The van der Waals surface area contributed by atoms with Crippen LogP contribution in [0.3, 0.4) is 0 Å².